The SMILES string of the molecule is [C-]#[N+]c1cc2nc(N)c3cnc(C)n3c2cc1C(=O)N(C)[C@@H]1CCc2cc(C(F)(F)F)ccc21. The number of benzene rings is 2. The lowest BCUT2D eigenvalue weighted by Gasteiger charge is -2.26. The number of carbonyl (C=O) groups is 1. The summed E-state index contributed by atoms with van der Waals surface area (Å²) < 4.78 is 41.1. The maximum atomic E-state index is 13.5. The Kier molecular flexibility index (Phi) is 4.75. The second-order valence-corrected chi connectivity index (χ2v) is 8.37. The van der Waals surface area contributed by atoms with Gasteiger partial charge in [0.2, 0.25) is 11.6 Å². The average molecular weight is 464 g/mol. The molecule has 4 aromatic rings. The van der Waals surface area contributed by atoms with Crippen LogP contribution in [0.3, 0.4) is 0 Å². The molecule has 172 valence electrons. The molecule has 1 aliphatic carbocycles. The summed E-state index contributed by atoms with van der Waals surface area (Å²) in [6.45, 7) is 9.40. The number of carbonyl (C=O) groups excluding carboxylic acids is 1. The molecule has 0 saturated heterocycles. The maximum absolute atomic E-state index is 13.5. The standard InChI is InChI=1S/C24H19F3N6O/c1-12-30-11-21-22(28)31-18-10-17(29-2)16(9-20(18)33(12)21)23(34)32(3)19-7-4-13-8-14(24(25,26)27)5-6-15(13)19/h5-6,8-11,19H,4,7H2,1,3H3,(H2,28,31)/t19-/m1/s1. The number of fused-ring (bicyclic) bond motifs is 4. The Morgan fingerprint density at radius 1 is 1.26 bits per heavy atom. The Hall–Kier alpha value is -4.13. The molecule has 0 fully saturated rings. The van der Waals surface area contributed by atoms with E-state index in [-0.39, 0.29) is 17.1 Å². The Morgan fingerprint density at radius 3 is 2.74 bits per heavy atom. The first-order chi connectivity index (χ1) is 16.1. The summed E-state index contributed by atoms with van der Waals surface area (Å²) in [5, 5.41) is 0. The van der Waals surface area contributed by atoms with Crippen LogP contribution in [0.25, 0.3) is 21.4 Å². The summed E-state index contributed by atoms with van der Waals surface area (Å²) >= 11 is 0. The minimum absolute atomic E-state index is 0.124. The van der Waals surface area contributed by atoms with Crippen LogP contribution in [-0.4, -0.2) is 32.2 Å². The number of nitrogens with two attached hydrogens (primary N) is 1. The van der Waals surface area contributed by atoms with E-state index < -0.39 is 23.7 Å². The zero-order valence-electron chi connectivity index (χ0n) is 18.3. The van der Waals surface area contributed by atoms with Gasteiger partial charge < -0.3 is 10.6 Å². The van der Waals surface area contributed by atoms with Gasteiger partial charge in [0.1, 0.15) is 17.2 Å². The van der Waals surface area contributed by atoms with Crippen LogP contribution >= 0.6 is 0 Å². The van der Waals surface area contributed by atoms with Gasteiger partial charge in [-0.25, -0.2) is 14.8 Å². The Bertz CT molecular complexity index is 1530. The third kappa shape index (κ3) is 3.23. The van der Waals surface area contributed by atoms with Crippen LogP contribution < -0.4 is 5.73 Å². The summed E-state index contributed by atoms with van der Waals surface area (Å²) in [5.74, 6) is 0.524. The highest BCUT2D eigenvalue weighted by Crippen LogP contribution is 2.40. The number of nitrogens with zero attached hydrogens (tertiary/aromatic N) is 5. The summed E-state index contributed by atoms with van der Waals surface area (Å²) in [4.78, 5) is 27.2. The molecule has 1 amide bonds. The van der Waals surface area contributed by atoms with Crippen molar-refractivity contribution in [3.8, 4) is 0 Å². The Morgan fingerprint density at radius 2 is 2.03 bits per heavy atom. The fourth-order valence-electron chi connectivity index (χ4n) is 4.72. The zero-order chi connectivity index (χ0) is 24.4. The van der Waals surface area contributed by atoms with Crippen LogP contribution in [0.4, 0.5) is 24.7 Å². The van der Waals surface area contributed by atoms with Crippen molar-refractivity contribution in [3.63, 3.8) is 0 Å². The van der Waals surface area contributed by atoms with Crippen LogP contribution in [0.5, 0.6) is 0 Å². The van der Waals surface area contributed by atoms with Crippen molar-refractivity contribution in [2.45, 2.75) is 32.0 Å². The lowest BCUT2D eigenvalue weighted by Crippen LogP contribution is -2.30. The van der Waals surface area contributed by atoms with Crippen LogP contribution in [0.1, 0.15) is 45.3 Å². The number of nitrogen functional groups attached to an aromatic ring is 1. The largest absolute Gasteiger partial charge is 0.416 e. The smallest absolute Gasteiger partial charge is 0.382 e. The lowest BCUT2D eigenvalue weighted by atomic mass is 10.0. The second-order valence-electron chi connectivity index (χ2n) is 8.37. The summed E-state index contributed by atoms with van der Waals surface area (Å²) in [7, 11) is 1.61. The van der Waals surface area contributed by atoms with Gasteiger partial charge in [-0.3, -0.25) is 9.20 Å². The molecule has 0 aliphatic heterocycles. The zero-order valence-corrected chi connectivity index (χ0v) is 18.3. The van der Waals surface area contributed by atoms with E-state index in [4.69, 9.17) is 12.3 Å². The molecule has 0 saturated carbocycles. The van der Waals surface area contributed by atoms with E-state index in [1.54, 1.807) is 30.6 Å². The minimum atomic E-state index is -4.42. The third-order valence-electron chi connectivity index (χ3n) is 6.43. The van der Waals surface area contributed by atoms with Gasteiger partial charge >= 0.3 is 6.18 Å². The van der Waals surface area contributed by atoms with Crippen molar-refractivity contribution in [1.82, 2.24) is 19.3 Å². The predicted molar refractivity (Wildman–Crippen MR) is 121 cm³/mol. The molecule has 10 heteroatoms. The molecule has 0 spiro atoms. The van der Waals surface area contributed by atoms with Crippen molar-refractivity contribution in [2.75, 3.05) is 12.8 Å². The van der Waals surface area contributed by atoms with E-state index in [9.17, 15) is 18.0 Å². The first kappa shape index (κ1) is 21.7. The van der Waals surface area contributed by atoms with Crippen LogP contribution in [0.15, 0.2) is 36.5 Å². The van der Waals surface area contributed by atoms with Crippen molar-refractivity contribution < 1.29 is 18.0 Å². The summed E-state index contributed by atoms with van der Waals surface area (Å²) in [6, 6.07) is 6.39. The van der Waals surface area contributed by atoms with E-state index >= 15 is 0 Å². The highest BCUT2D eigenvalue weighted by molar-refractivity contribution is 6.04. The van der Waals surface area contributed by atoms with Gasteiger partial charge in [-0.05, 0) is 55.2 Å². The molecular formula is C24H19F3N6O. The Labute approximate surface area is 192 Å². The molecule has 2 N–H and O–H groups in total. The number of aromatic nitrogens is 3. The monoisotopic (exact) mass is 464 g/mol. The topological polar surface area (TPSA) is 80.9 Å². The van der Waals surface area contributed by atoms with Crippen LogP contribution in [0.2, 0.25) is 0 Å². The average Bonchev–Trinajstić information content (AvgIpc) is 3.40. The minimum Gasteiger partial charge on any atom is -0.382 e. The molecule has 2 heterocycles. The number of anilines is 1. The summed E-state index contributed by atoms with van der Waals surface area (Å²) in [6.07, 6.45) is -1.88. The third-order valence-corrected chi connectivity index (χ3v) is 6.43. The molecule has 1 atom stereocenters. The van der Waals surface area contributed by atoms with E-state index in [2.05, 4.69) is 14.8 Å². The van der Waals surface area contributed by atoms with E-state index in [0.717, 1.165) is 12.1 Å². The number of amides is 1. The number of halogens is 3. The number of aryl methyl sites for hydroxylation is 2. The highest BCUT2D eigenvalue weighted by Gasteiger charge is 2.35. The van der Waals surface area contributed by atoms with Crippen molar-refractivity contribution >= 4 is 34.0 Å². The number of rotatable bonds is 2. The van der Waals surface area contributed by atoms with Gasteiger partial charge in [-0.1, -0.05) is 6.07 Å². The van der Waals surface area contributed by atoms with Gasteiger partial charge in [-0.15, -0.1) is 0 Å². The molecular weight excluding hydrogens is 445 g/mol. The second kappa shape index (κ2) is 7.45. The first-order valence-corrected chi connectivity index (χ1v) is 10.5. The van der Waals surface area contributed by atoms with Crippen LogP contribution in [-0.2, 0) is 12.6 Å². The molecule has 5 rings (SSSR count). The molecule has 0 bridgehead atoms. The number of imidazole rings is 1. The number of hydrogen-bond acceptors (Lipinski definition) is 4. The molecule has 7 nitrogen and oxygen atoms in total. The summed E-state index contributed by atoms with van der Waals surface area (Å²) in [5.41, 5.74) is 8.57. The van der Waals surface area contributed by atoms with Gasteiger partial charge in [0.25, 0.3) is 0 Å². The van der Waals surface area contributed by atoms with Gasteiger partial charge in [0, 0.05) is 12.6 Å². The van der Waals surface area contributed by atoms with E-state index in [0.29, 0.717) is 46.3 Å². The van der Waals surface area contributed by atoms with Crippen molar-refractivity contribution in [3.05, 3.63) is 76.0 Å². The quantitative estimate of drug-likeness (QED) is 0.419. The highest BCUT2D eigenvalue weighted by atomic mass is 19.4. The maximum Gasteiger partial charge on any atom is 0.416 e. The lowest BCUT2D eigenvalue weighted by molar-refractivity contribution is -0.137. The molecule has 0 radical (unpaired) electrons. The van der Waals surface area contributed by atoms with E-state index in [1.807, 2.05) is 0 Å². The van der Waals surface area contributed by atoms with Crippen molar-refractivity contribution in [2.24, 2.45) is 0 Å². The molecule has 2 aromatic heterocycles. The fraction of sp³-hybridized carbons (Fsp3) is 0.250. The predicted octanol–water partition coefficient (Wildman–Crippen LogP) is 5.10. The normalized spacial score (nSPS) is 15.5. The number of alkyl halides is 3. The van der Waals surface area contributed by atoms with Crippen molar-refractivity contribution in [1.29, 1.82) is 0 Å². The molecule has 0 unspecified atom stereocenters. The van der Waals surface area contributed by atoms with Gasteiger partial charge in [0.05, 0.1) is 35.4 Å². The molecule has 2 aromatic carbocycles. The van der Waals surface area contributed by atoms with Gasteiger partial charge in [0.15, 0.2) is 0 Å². The molecule has 1 aliphatic rings. The number of hydrogen-bond donors (Lipinski definition) is 1. The first-order valence-electron chi connectivity index (χ1n) is 10.5. The fourth-order valence-corrected chi connectivity index (χ4v) is 4.72. The molecule has 34 heavy (non-hydrogen) atoms. The van der Waals surface area contributed by atoms with Crippen LogP contribution in [0, 0.1) is 13.5 Å². The van der Waals surface area contributed by atoms with E-state index in [1.165, 1.54) is 17.0 Å². The Balaban J connectivity index is 1.58. The van der Waals surface area contributed by atoms with Gasteiger partial charge in [-0.2, -0.15) is 13.2 Å².